The molecule has 1 aliphatic rings. The summed E-state index contributed by atoms with van der Waals surface area (Å²) in [6.07, 6.45) is 0.682. The van der Waals surface area contributed by atoms with Crippen LogP contribution in [0, 0.1) is 5.82 Å². The van der Waals surface area contributed by atoms with Crippen LogP contribution in [0.5, 0.6) is 0 Å². The minimum atomic E-state index is -0.380. The SMILES string of the molecule is Nc1ccc(Cl)c(C(=O)N2CCc3ccc(F)cc32)n1. The topological polar surface area (TPSA) is 59.2 Å². The number of anilines is 2. The van der Waals surface area contributed by atoms with Gasteiger partial charge < -0.3 is 10.6 Å². The van der Waals surface area contributed by atoms with E-state index in [0.717, 1.165) is 5.56 Å². The Morgan fingerprint density at radius 2 is 2.15 bits per heavy atom. The van der Waals surface area contributed by atoms with E-state index >= 15 is 0 Å². The minimum absolute atomic E-state index is 0.0868. The van der Waals surface area contributed by atoms with Crippen molar-refractivity contribution in [3.63, 3.8) is 0 Å². The smallest absolute Gasteiger partial charge is 0.278 e. The summed E-state index contributed by atoms with van der Waals surface area (Å²) >= 11 is 5.99. The lowest BCUT2D eigenvalue weighted by atomic mass is 10.1. The van der Waals surface area contributed by atoms with Gasteiger partial charge in [-0.2, -0.15) is 0 Å². The molecule has 0 fully saturated rings. The van der Waals surface area contributed by atoms with Crippen molar-refractivity contribution in [3.8, 4) is 0 Å². The van der Waals surface area contributed by atoms with E-state index in [9.17, 15) is 9.18 Å². The van der Waals surface area contributed by atoms with E-state index in [1.54, 1.807) is 6.07 Å². The molecular weight excluding hydrogens is 281 g/mol. The number of nitrogen functional groups attached to an aromatic ring is 1. The predicted molar refractivity (Wildman–Crippen MR) is 75.4 cm³/mol. The number of aromatic nitrogens is 1. The molecule has 1 aromatic carbocycles. The van der Waals surface area contributed by atoms with Gasteiger partial charge in [-0.25, -0.2) is 9.37 Å². The van der Waals surface area contributed by atoms with Crippen molar-refractivity contribution < 1.29 is 9.18 Å². The lowest BCUT2D eigenvalue weighted by Crippen LogP contribution is -2.30. The molecular formula is C14H11ClFN3O. The number of nitrogens with zero attached hydrogens (tertiary/aromatic N) is 2. The maximum absolute atomic E-state index is 13.3. The molecule has 1 aliphatic heterocycles. The van der Waals surface area contributed by atoms with Gasteiger partial charge in [0.15, 0.2) is 0 Å². The zero-order chi connectivity index (χ0) is 14.3. The maximum Gasteiger partial charge on any atom is 0.278 e. The van der Waals surface area contributed by atoms with Crippen molar-refractivity contribution in [1.29, 1.82) is 0 Å². The van der Waals surface area contributed by atoms with Crippen LogP contribution in [0.3, 0.4) is 0 Å². The summed E-state index contributed by atoms with van der Waals surface area (Å²) in [6, 6.07) is 7.47. The highest BCUT2D eigenvalue weighted by molar-refractivity contribution is 6.34. The Morgan fingerprint density at radius 1 is 1.35 bits per heavy atom. The van der Waals surface area contributed by atoms with Gasteiger partial charge in [0.1, 0.15) is 17.3 Å². The third kappa shape index (κ3) is 2.10. The molecule has 0 atom stereocenters. The number of nitrogens with two attached hydrogens (primary N) is 1. The molecule has 20 heavy (non-hydrogen) atoms. The van der Waals surface area contributed by atoms with Gasteiger partial charge in [-0.1, -0.05) is 17.7 Å². The number of hydrogen-bond donors (Lipinski definition) is 1. The molecule has 6 heteroatoms. The first kappa shape index (κ1) is 12.9. The van der Waals surface area contributed by atoms with Crippen LogP contribution in [0.15, 0.2) is 30.3 Å². The number of benzene rings is 1. The number of carbonyl (C=O) groups is 1. The molecule has 3 rings (SSSR count). The standard InChI is InChI=1S/C14H11ClFN3O/c15-10-3-4-12(17)18-13(10)14(20)19-6-5-8-1-2-9(16)7-11(8)19/h1-4,7H,5-6H2,(H2,17,18). The summed E-state index contributed by atoms with van der Waals surface area (Å²) in [7, 11) is 0. The summed E-state index contributed by atoms with van der Waals surface area (Å²) < 4.78 is 13.3. The zero-order valence-corrected chi connectivity index (χ0v) is 11.2. The first-order chi connectivity index (χ1) is 9.56. The molecule has 0 radical (unpaired) electrons. The Morgan fingerprint density at radius 3 is 2.95 bits per heavy atom. The van der Waals surface area contributed by atoms with Crippen LogP contribution in [0.4, 0.5) is 15.9 Å². The molecule has 1 amide bonds. The van der Waals surface area contributed by atoms with Crippen LogP contribution < -0.4 is 10.6 Å². The van der Waals surface area contributed by atoms with Crippen LogP contribution in [-0.4, -0.2) is 17.4 Å². The Hall–Kier alpha value is -2.14. The summed E-state index contributed by atoms with van der Waals surface area (Å²) in [5.41, 5.74) is 7.16. The molecule has 0 spiro atoms. The highest BCUT2D eigenvalue weighted by Crippen LogP contribution is 2.31. The third-order valence-corrected chi connectivity index (χ3v) is 3.56. The van der Waals surface area contributed by atoms with Gasteiger partial charge in [0.25, 0.3) is 5.91 Å². The third-order valence-electron chi connectivity index (χ3n) is 3.26. The van der Waals surface area contributed by atoms with Gasteiger partial charge in [-0.15, -0.1) is 0 Å². The second kappa shape index (κ2) is 4.76. The van der Waals surface area contributed by atoms with E-state index in [1.165, 1.54) is 29.2 Å². The number of amides is 1. The monoisotopic (exact) mass is 291 g/mol. The first-order valence-electron chi connectivity index (χ1n) is 6.08. The Labute approximate surface area is 120 Å². The molecule has 0 saturated heterocycles. The summed E-state index contributed by atoms with van der Waals surface area (Å²) in [5.74, 6) is -0.529. The second-order valence-corrected chi connectivity index (χ2v) is 4.95. The van der Waals surface area contributed by atoms with Gasteiger partial charge in [0.2, 0.25) is 0 Å². The van der Waals surface area contributed by atoms with E-state index in [4.69, 9.17) is 17.3 Å². The fourth-order valence-electron chi connectivity index (χ4n) is 2.30. The van der Waals surface area contributed by atoms with Crippen molar-refractivity contribution >= 4 is 29.0 Å². The second-order valence-electron chi connectivity index (χ2n) is 4.55. The lowest BCUT2D eigenvalue weighted by molar-refractivity contribution is 0.0985. The first-order valence-corrected chi connectivity index (χ1v) is 6.46. The number of pyridine rings is 1. The van der Waals surface area contributed by atoms with Crippen molar-refractivity contribution in [1.82, 2.24) is 4.98 Å². The molecule has 0 bridgehead atoms. The molecule has 2 heterocycles. The lowest BCUT2D eigenvalue weighted by Gasteiger charge is -2.17. The van der Waals surface area contributed by atoms with Crippen molar-refractivity contribution in [2.24, 2.45) is 0 Å². The van der Waals surface area contributed by atoms with Crippen LogP contribution in [-0.2, 0) is 6.42 Å². The van der Waals surface area contributed by atoms with Gasteiger partial charge >= 0.3 is 0 Å². The molecule has 2 N–H and O–H groups in total. The quantitative estimate of drug-likeness (QED) is 0.879. The largest absolute Gasteiger partial charge is 0.384 e. The number of rotatable bonds is 1. The Balaban J connectivity index is 2.01. The molecule has 102 valence electrons. The van der Waals surface area contributed by atoms with Crippen LogP contribution in [0.25, 0.3) is 0 Å². The van der Waals surface area contributed by atoms with E-state index < -0.39 is 0 Å². The molecule has 0 saturated carbocycles. The molecule has 2 aromatic rings. The normalized spacial score (nSPS) is 13.4. The number of carbonyl (C=O) groups excluding carboxylic acids is 1. The molecule has 1 aromatic heterocycles. The Kier molecular flexibility index (Phi) is 3.06. The highest BCUT2D eigenvalue weighted by Gasteiger charge is 2.28. The van der Waals surface area contributed by atoms with E-state index in [1.807, 2.05) is 0 Å². The Bertz CT molecular complexity index is 705. The van der Waals surface area contributed by atoms with Crippen molar-refractivity contribution in [2.45, 2.75) is 6.42 Å². The average molecular weight is 292 g/mol. The minimum Gasteiger partial charge on any atom is -0.384 e. The van der Waals surface area contributed by atoms with E-state index in [2.05, 4.69) is 4.98 Å². The number of halogens is 2. The molecule has 4 nitrogen and oxygen atoms in total. The van der Waals surface area contributed by atoms with E-state index in [0.29, 0.717) is 18.7 Å². The fourth-order valence-corrected chi connectivity index (χ4v) is 2.48. The van der Waals surface area contributed by atoms with Crippen LogP contribution >= 0.6 is 11.6 Å². The number of hydrogen-bond acceptors (Lipinski definition) is 3. The van der Waals surface area contributed by atoms with Gasteiger partial charge in [-0.05, 0) is 36.2 Å². The average Bonchev–Trinajstić information content (AvgIpc) is 2.83. The molecule has 0 aliphatic carbocycles. The highest BCUT2D eigenvalue weighted by atomic mass is 35.5. The van der Waals surface area contributed by atoms with Crippen molar-refractivity contribution in [2.75, 3.05) is 17.2 Å². The van der Waals surface area contributed by atoms with Crippen molar-refractivity contribution in [3.05, 3.63) is 52.4 Å². The van der Waals surface area contributed by atoms with Gasteiger partial charge in [0, 0.05) is 6.54 Å². The van der Waals surface area contributed by atoms with Crippen LogP contribution in [0.2, 0.25) is 5.02 Å². The summed E-state index contributed by atoms with van der Waals surface area (Å²) in [6.45, 7) is 0.477. The van der Waals surface area contributed by atoms with E-state index in [-0.39, 0.29) is 28.3 Å². The molecule has 0 unspecified atom stereocenters. The zero-order valence-electron chi connectivity index (χ0n) is 10.4. The predicted octanol–water partition coefficient (Wildman–Crippen LogP) is 2.66. The van der Waals surface area contributed by atoms with Gasteiger partial charge in [0.05, 0.1) is 10.7 Å². The maximum atomic E-state index is 13.3. The van der Waals surface area contributed by atoms with Crippen LogP contribution in [0.1, 0.15) is 16.1 Å². The summed E-state index contributed by atoms with van der Waals surface area (Å²) in [5, 5.41) is 0.231. The number of fused-ring (bicyclic) bond motifs is 1. The summed E-state index contributed by atoms with van der Waals surface area (Å²) in [4.78, 5) is 17.9. The fraction of sp³-hybridized carbons (Fsp3) is 0.143. The van der Waals surface area contributed by atoms with Gasteiger partial charge in [-0.3, -0.25) is 4.79 Å².